The zero-order valence-corrected chi connectivity index (χ0v) is 48.0. The van der Waals surface area contributed by atoms with E-state index >= 15 is 0 Å². The van der Waals surface area contributed by atoms with Crippen LogP contribution in [0.25, 0.3) is 0 Å². The van der Waals surface area contributed by atoms with Crippen molar-refractivity contribution in [1.82, 2.24) is 0 Å². The molecule has 0 aliphatic heterocycles. The first-order valence-corrected chi connectivity index (χ1v) is 32.5. The van der Waals surface area contributed by atoms with E-state index in [0.29, 0.717) is 71.8 Å². The van der Waals surface area contributed by atoms with Gasteiger partial charge in [0.2, 0.25) is 0 Å². The van der Waals surface area contributed by atoms with Crippen LogP contribution in [0.15, 0.2) is 0 Å². The molecule has 380 valence electrons. The van der Waals surface area contributed by atoms with E-state index in [9.17, 15) is 26.3 Å². The Kier molecular flexibility index (Phi) is 53.2. The zero-order valence-electron chi connectivity index (χ0n) is 39.2. The Bertz CT molecular complexity index is 918. The molecule has 16 nitrogen and oxygen atoms in total. The summed E-state index contributed by atoms with van der Waals surface area (Å²) in [7, 11) is -8.14. The van der Waals surface area contributed by atoms with E-state index in [1.54, 1.807) is 13.1 Å². The van der Waals surface area contributed by atoms with Gasteiger partial charge in [0.15, 0.2) is 0 Å². The van der Waals surface area contributed by atoms with E-state index in [2.05, 4.69) is 5.73 Å². The molecule has 2 atom stereocenters. The fourth-order valence-corrected chi connectivity index (χ4v) is 29.6. The predicted molar refractivity (Wildman–Crippen MR) is 229 cm³/mol. The summed E-state index contributed by atoms with van der Waals surface area (Å²) >= 11 is 0.611. The molecule has 0 heterocycles. The second-order valence-corrected chi connectivity index (χ2v) is 32.9. The van der Waals surface area contributed by atoms with Crippen LogP contribution in [0.5, 0.6) is 0 Å². The maximum absolute atomic E-state index is 13.0. The fourth-order valence-electron chi connectivity index (χ4n) is 5.43. The van der Waals surface area contributed by atoms with E-state index in [1.165, 1.54) is 56.9 Å². The molecule has 0 bridgehead atoms. The Morgan fingerprint density at radius 2 is 0.714 bits per heavy atom. The summed E-state index contributed by atoms with van der Waals surface area (Å²) in [6, 6.07) is 1.22. The van der Waals surface area contributed by atoms with E-state index in [-0.39, 0.29) is 54.7 Å². The second-order valence-electron chi connectivity index (χ2n) is 13.3. The van der Waals surface area contributed by atoms with E-state index < -0.39 is 77.5 Å². The average molecular weight is 1080 g/mol. The van der Waals surface area contributed by atoms with Crippen molar-refractivity contribution in [2.75, 3.05) is 70.0 Å². The van der Waals surface area contributed by atoms with Crippen LogP contribution in [-0.2, 0) is 55.0 Å². The molecule has 0 amide bonds. The number of nitrogens with two attached hydrogens (primary N) is 1. The fraction of sp³-hybridized carbons (Fsp3) is 1.00. The van der Waals surface area contributed by atoms with Gasteiger partial charge in [0.05, 0.1) is 6.54 Å². The summed E-state index contributed by atoms with van der Waals surface area (Å²) in [5.41, 5.74) is 9.37. The van der Waals surface area contributed by atoms with Crippen molar-refractivity contribution in [2.45, 2.75) is 127 Å². The van der Waals surface area contributed by atoms with Crippen LogP contribution in [0.2, 0.25) is 49.4 Å². The summed E-state index contributed by atoms with van der Waals surface area (Å²) in [5.74, 6) is 0. The van der Waals surface area contributed by atoms with Gasteiger partial charge in [-0.15, -0.1) is 0 Å². The van der Waals surface area contributed by atoms with Crippen LogP contribution in [0.3, 0.4) is 0 Å². The molecule has 0 saturated heterocycles. The van der Waals surface area contributed by atoms with Crippen LogP contribution in [0, 0.1) is 0 Å². The minimum absolute atomic E-state index is 0. The van der Waals surface area contributed by atoms with Crippen molar-refractivity contribution < 1.29 is 107 Å². The topological polar surface area (TPSA) is 213 Å². The quantitative estimate of drug-likeness (QED) is 0.0485. The summed E-state index contributed by atoms with van der Waals surface area (Å²) in [6.45, 7) is 8.23. The van der Waals surface area contributed by atoms with E-state index in [0.717, 1.165) is 25.7 Å². The molecule has 0 aliphatic carbocycles. The van der Waals surface area contributed by atoms with Crippen LogP contribution in [0.4, 0.5) is 26.3 Å². The Balaban J connectivity index is -0.000000143. The van der Waals surface area contributed by atoms with Gasteiger partial charge in [-0.3, -0.25) is 0 Å². The van der Waals surface area contributed by atoms with E-state index in [1.807, 2.05) is 13.8 Å². The number of quaternary nitrogens is 1. The monoisotopic (exact) mass is 1070 g/mol. The molecule has 0 radical (unpaired) electrons. The van der Waals surface area contributed by atoms with Gasteiger partial charge < -0.3 is 82.9 Å². The van der Waals surface area contributed by atoms with Gasteiger partial charge >= 0.3 is 113 Å². The first kappa shape index (κ1) is 81.4. The molecule has 63 heavy (non-hydrogen) atoms. The molecule has 7 N–H and O–H groups in total. The summed E-state index contributed by atoms with van der Waals surface area (Å²) in [6.07, 6.45) is -6.19. The van der Waals surface area contributed by atoms with Crippen molar-refractivity contribution in [2.24, 2.45) is 5.73 Å². The van der Waals surface area contributed by atoms with Gasteiger partial charge in [-0.2, -0.15) is 26.3 Å². The van der Waals surface area contributed by atoms with Gasteiger partial charge in [-0.05, 0) is 51.0 Å². The minimum atomic E-state index is -4.34. The maximum atomic E-state index is 13.0. The molecule has 0 spiro atoms. The number of hydrogen-bond donors (Lipinski definition) is 2. The van der Waals surface area contributed by atoms with Gasteiger partial charge in [0.1, 0.15) is 0 Å². The third-order valence-electron chi connectivity index (χ3n) is 8.79. The van der Waals surface area contributed by atoms with Crippen LogP contribution in [0.1, 0.15) is 65.2 Å². The van der Waals surface area contributed by atoms with Crippen molar-refractivity contribution in [3.8, 4) is 0 Å². The number of halogens is 9. The Morgan fingerprint density at radius 1 is 0.492 bits per heavy atom. The summed E-state index contributed by atoms with van der Waals surface area (Å²) < 4.78 is 155. The van der Waals surface area contributed by atoms with E-state index in [4.69, 9.17) is 60.8 Å². The molecule has 0 aromatic heterocycles. The number of hydrogen-bond acceptors (Lipinski definition) is 14. The molecule has 0 fully saturated rings. The first-order valence-electron chi connectivity index (χ1n) is 19.1. The van der Waals surface area contributed by atoms with Crippen LogP contribution in [-0.4, -0.2) is 185 Å². The number of rotatable bonds is 32. The second kappa shape index (κ2) is 41.2. The molecule has 33 heteroatoms. The first-order chi connectivity index (χ1) is 27.0. The molecule has 0 saturated carbocycles. The van der Waals surface area contributed by atoms with Gasteiger partial charge in [-0.25, -0.2) is 0 Å². The standard InChI is InChI=1S/2C15H36F3NO6Si3.3FH.2Mg.H2O.O/c2*1-7-8-12-27(20-2,21-3)24-26(6,14-10-15(16,17)18)25-28(22-4,23-5)13-9-11-19;;;;;;;/h2*7-14,19H2,1-6H3;3*1H;;;1H2;/q;;;;;;+2;;/p-2. The van der Waals surface area contributed by atoms with Crippen molar-refractivity contribution >= 4 is 97.1 Å². The van der Waals surface area contributed by atoms with Gasteiger partial charge in [0, 0.05) is 100 Å². The molecule has 0 aliphatic rings. The summed E-state index contributed by atoms with van der Waals surface area (Å²) in [5, 5.41) is 0. The van der Waals surface area contributed by atoms with Crippen LogP contribution < -0.4 is 25.6 Å². The zero-order chi connectivity index (χ0) is 45.8. The normalized spacial score (nSPS) is 14.0. The number of unbranched alkanes of at least 4 members (excludes halogenated alkanes) is 2. The predicted octanol–water partition coefficient (Wildman–Crippen LogP) is -4.10. The Hall–Kier alpha value is 1.40. The molecular weight excluding hydrogens is 1000 g/mol. The van der Waals surface area contributed by atoms with Gasteiger partial charge in [-0.1, -0.05) is 26.7 Å². The summed E-state index contributed by atoms with van der Waals surface area (Å²) in [4.78, 5) is 0. The van der Waals surface area contributed by atoms with Crippen molar-refractivity contribution in [3.63, 3.8) is 0 Å². The molecule has 0 aromatic carbocycles. The SMILES string of the molecule is CCCC[Si](OC)(OC)O[Si](C)(CCC(F)(F)F)O[Si](CCCN)(OC)OC.CCCC[Si](OC)(OC)O[Si](C)(CCC(F)(F)F)O[Si](CCC[NH3+])(OC)OC.O.[F-].[F-].[F-].[Mg+2].[O]=[Mg]. The van der Waals surface area contributed by atoms with Gasteiger partial charge in [0.25, 0.3) is 0 Å². The Labute approximate surface area is 404 Å². The van der Waals surface area contributed by atoms with Crippen molar-refractivity contribution in [1.29, 1.82) is 0 Å². The molecule has 0 aromatic rings. The third-order valence-corrected chi connectivity index (χ3v) is 31.8. The molecule has 0 rings (SSSR count). The number of alkyl halides is 6. The van der Waals surface area contributed by atoms with Crippen molar-refractivity contribution in [3.05, 3.63) is 0 Å². The molecular formula is C30H75F9Mg2N2O14Si6. The molecule has 2 unspecified atom stereocenters. The average Bonchev–Trinajstić information content (AvgIpc) is 3.20. The van der Waals surface area contributed by atoms with Crippen LogP contribution >= 0.6 is 0 Å². The Morgan fingerprint density at radius 3 is 0.889 bits per heavy atom. The third kappa shape index (κ3) is 34.4.